The van der Waals surface area contributed by atoms with E-state index in [4.69, 9.17) is 5.73 Å². The monoisotopic (exact) mass is 477 g/mol. The van der Waals surface area contributed by atoms with Crippen molar-refractivity contribution in [3.63, 3.8) is 0 Å². The van der Waals surface area contributed by atoms with E-state index in [0.29, 0.717) is 23.9 Å². The first-order valence-electron chi connectivity index (χ1n) is 11.5. The van der Waals surface area contributed by atoms with E-state index in [1.54, 1.807) is 26.1 Å². The minimum Gasteiger partial charge on any atom is -0.366 e. The lowest BCUT2D eigenvalue weighted by atomic mass is 9.88. The van der Waals surface area contributed by atoms with Crippen molar-refractivity contribution in [1.82, 2.24) is 9.88 Å². The number of halogens is 3. The average molecular weight is 478 g/mol. The minimum atomic E-state index is -2.45. The highest BCUT2D eigenvalue weighted by Gasteiger charge is 2.42. The molecule has 2 unspecified atom stereocenters. The second kappa shape index (κ2) is 11.5. The number of nitrogens with zero attached hydrogens (tertiary/aromatic N) is 2. The SMILES string of the molecule is C=C1/C=C(F)\C(F)=C/C(C)N(CC2CCCCC2)C(=O)C1(C)F.Cc1cnc(C)c(C(N)=O)c1. The number of nitrogens with two attached hydrogens (primary N) is 1. The van der Waals surface area contributed by atoms with Gasteiger partial charge in [-0.3, -0.25) is 14.6 Å². The van der Waals surface area contributed by atoms with E-state index in [9.17, 15) is 22.8 Å². The Kier molecular flexibility index (Phi) is 9.24. The van der Waals surface area contributed by atoms with E-state index in [1.807, 2.05) is 6.92 Å². The summed E-state index contributed by atoms with van der Waals surface area (Å²) in [5.74, 6) is -3.21. The van der Waals surface area contributed by atoms with Crippen LogP contribution in [-0.4, -0.2) is 40.0 Å². The highest BCUT2D eigenvalue weighted by Crippen LogP contribution is 2.32. The van der Waals surface area contributed by atoms with Gasteiger partial charge < -0.3 is 10.6 Å². The summed E-state index contributed by atoms with van der Waals surface area (Å²) >= 11 is 0. The standard InChI is InChI=1S/C18H24F3NO.C8H10N2O/c1-12-9-15(19)16(20)10-13(2)22(17(23)18(12,3)21)11-14-7-5-4-6-8-14;1-5-3-7(8(9)11)6(2)10-4-5/h9-10,13-14H,1,4-8,11H2,2-3H3;3-4H,1-2H3,(H2,9,11)/b15-9+,16-10+;. The van der Waals surface area contributed by atoms with Gasteiger partial charge in [-0.1, -0.05) is 25.8 Å². The fourth-order valence-electron chi connectivity index (χ4n) is 4.11. The molecule has 1 aromatic heterocycles. The lowest BCUT2D eigenvalue weighted by Crippen LogP contribution is -2.50. The molecule has 0 aromatic carbocycles. The fraction of sp³-hybridized carbons (Fsp3) is 0.500. The maximum absolute atomic E-state index is 14.9. The van der Waals surface area contributed by atoms with Gasteiger partial charge in [0.2, 0.25) is 5.67 Å². The molecular formula is C26H34F3N3O2. The zero-order valence-corrected chi connectivity index (χ0v) is 20.3. The van der Waals surface area contributed by atoms with E-state index in [0.717, 1.165) is 44.2 Å². The first kappa shape index (κ1) is 27.3. The number of primary amides is 1. The molecule has 0 bridgehead atoms. The van der Waals surface area contributed by atoms with Gasteiger partial charge in [-0.25, -0.2) is 13.2 Å². The van der Waals surface area contributed by atoms with Crippen molar-refractivity contribution in [2.45, 2.75) is 71.5 Å². The van der Waals surface area contributed by atoms with Crippen LogP contribution in [0.2, 0.25) is 0 Å². The van der Waals surface area contributed by atoms with E-state index in [2.05, 4.69) is 11.6 Å². The van der Waals surface area contributed by atoms with Crippen molar-refractivity contribution in [2.75, 3.05) is 6.54 Å². The van der Waals surface area contributed by atoms with Crippen LogP contribution in [0.3, 0.4) is 0 Å². The first-order valence-corrected chi connectivity index (χ1v) is 11.5. The fourth-order valence-corrected chi connectivity index (χ4v) is 4.11. The van der Waals surface area contributed by atoms with Crippen molar-refractivity contribution in [3.8, 4) is 0 Å². The molecule has 0 saturated heterocycles. The number of carbonyl (C=O) groups is 2. The van der Waals surface area contributed by atoms with Crippen molar-refractivity contribution in [1.29, 1.82) is 0 Å². The van der Waals surface area contributed by atoms with Gasteiger partial charge in [-0.15, -0.1) is 0 Å². The number of carbonyl (C=O) groups excluding carboxylic acids is 2. The Morgan fingerprint density at radius 3 is 2.41 bits per heavy atom. The molecule has 3 rings (SSSR count). The van der Waals surface area contributed by atoms with Crippen LogP contribution in [0.1, 0.15) is 67.6 Å². The highest BCUT2D eigenvalue weighted by molar-refractivity contribution is 5.93. The van der Waals surface area contributed by atoms with Crippen LogP contribution in [0, 0.1) is 19.8 Å². The largest absolute Gasteiger partial charge is 0.366 e. The molecule has 1 aliphatic heterocycles. The summed E-state index contributed by atoms with van der Waals surface area (Å²) in [4.78, 5) is 28.7. The summed E-state index contributed by atoms with van der Waals surface area (Å²) in [5.41, 5.74) is 4.43. The third kappa shape index (κ3) is 6.81. The molecule has 1 saturated carbocycles. The molecule has 8 heteroatoms. The first-order chi connectivity index (χ1) is 15.8. The average Bonchev–Trinajstić information content (AvgIpc) is 2.80. The van der Waals surface area contributed by atoms with Crippen LogP contribution >= 0.6 is 0 Å². The van der Waals surface area contributed by atoms with Gasteiger partial charge in [0.25, 0.3) is 11.8 Å². The lowest BCUT2D eigenvalue weighted by molar-refractivity contribution is -0.142. The highest BCUT2D eigenvalue weighted by atomic mass is 19.2. The predicted octanol–water partition coefficient (Wildman–Crippen LogP) is 5.59. The number of aryl methyl sites for hydroxylation is 2. The van der Waals surface area contributed by atoms with Gasteiger partial charge in [-0.05, 0) is 75.8 Å². The van der Waals surface area contributed by atoms with Gasteiger partial charge in [0.1, 0.15) is 0 Å². The predicted molar refractivity (Wildman–Crippen MR) is 127 cm³/mol. The molecule has 0 spiro atoms. The Balaban J connectivity index is 0.000000310. The number of hydrogen-bond donors (Lipinski definition) is 1. The van der Waals surface area contributed by atoms with Crippen LogP contribution in [0.15, 0.2) is 48.2 Å². The summed E-state index contributed by atoms with van der Waals surface area (Å²) in [6, 6.07) is 1.02. The van der Waals surface area contributed by atoms with E-state index in [1.165, 1.54) is 11.3 Å². The summed E-state index contributed by atoms with van der Waals surface area (Å²) in [5, 5.41) is 0. The number of alkyl halides is 1. The van der Waals surface area contributed by atoms with Crippen molar-refractivity contribution in [3.05, 3.63) is 65.0 Å². The van der Waals surface area contributed by atoms with Gasteiger partial charge >= 0.3 is 0 Å². The topological polar surface area (TPSA) is 76.3 Å². The Morgan fingerprint density at radius 2 is 1.85 bits per heavy atom. The van der Waals surface area contributed by atoms with Crippen LogP contribution < -0.4 is 5.73 Å². The van der Waals surface area contributed by atoms with Crippen LogP contribution in [0.5, 0.6) is 0 Å². The van der Waals surface area contributed by atoms with Gasteiger partial charge in [0.05, 0.1) is 11.6 Å². The molecule has 2 N–H and O–H groups in total. The number of rotatable bonds is 3. The number of pyridine rings is 1. The quantitative estimate of drug-likeness (QED) is 0.617. The molecule has 0 radical (unpaired) electrons. The van der Waals surface area contributed by atoms with Crippen LogP contribution in [-0.2, 0) is 4.79 Å². The van der Waals surface area contributed by atoms with Crippen LogP contribution in [0.4, 0.5) is 13.2 Å². The zero-order valence-electron chi connectivity index (χ0n) is 20.3. The lowest BCUT2D eigenvalue weighted by Gasteiger charge is -2.36. The van der Waals surface area contributed by atoms with Crippen LogP contribution in [0.25, 0.3) is 0 Å². The van der Waals surface area contributed by atoms with E-state index < -0.39 is 35.2 Å². The summed E-state index contributed by atoms with van der Waals surface area (Å²) in [6.07, 6.45) is 8.69. The van der Waals surface area contributed by atoms with Gasteiger partial charge in [0.15, 0.2) is 11.7 Å². The van der Waals surface area contributed by atoms with Crippen molar-refractivity contribution >= 4 is 11.8 Å². The minimum absolute atomic E-state index is 0.272. The molecule has 5 nitrogen and oxygen atoms in total. The Bertz CT molecular complexity index is 995. The van der Waals surface area contributed by atoms with Crippen molar-refractivity contribution < 1.29 is 22.8 Å². The maximum Gasteiger partial charge on any atom is 0.265 e. The van der Waals surface area contributed by atoms with E-state index >= 15 is 0 Å². The molecule has 2 aliphatic rings. The molecule has 2 atom stereocenters. The molecule has 2 heterocycles. The maximum atomic E-state index is 14.9. The molecule has 1 fully saturated rings. The smallest absolute Gasteiger partial charge is 0.265 e. The number of amides is 2. The second-order valence-corrected chi connectivity index (χ2v) is 9.25. The number of hydrogen-bond acceptors (Lipinski definition) is 3. The molecule has 186 valence electrons. The number of allylic oxidation sites excluding steroid dienone is 3. The zero-order chi connectivity index (χ0) is 25.6. The third-order valence-electron chi connectivity index (χ3n) is 6.34. The van der Waals surface area contributed by atoms with Gasteiger partial charge in [0, 0.05) is 18.4 Å². The summed E-state index contributed by atoms with van der Waals surface area (Å²) in [6.45, 7) is 10.1. The third-order valence-corrected chi connectivity index (χ3v) is 6.34. The molecule has 34 heavy (non-hydrogen) atoms. The molecular weight excluding hydrogens is 443 g/mol. The number of aromatic nitrogens is 1. The second-order valence-electron chi connectivity index (χ2n) is 9.25. The molecule has 2 amide bonds. The molecule has 1 aliphatic carbocycles. The Labute approximate surface area is 199 Å². The Hall–Kier alpha value is -2.90. The van der Waals surface area contributed by atoms with E-state index in [-0.39, 0.29) is 11.5 Å². The normalized spacial score (nSPS) is 27.3. The van der Waals surface area contributed by atoms with Gasteiger partial charge in [-0.2, -0.15) is 0 Å². The van der Waals surface area contributed by atoms with Crippen molar-refractivity contribution in [2.24, 2.45) is 11.7 Å². The summed E-state index contributed by atoms with van der Waals surface area (Å²) in [7, 11) is 0. The summed E-state index contributed by atoms with van der Waals surface area (Å²) < 4.78 is 42.5. The Morgan fingerprint density at radius 1 is 1.24 bits per heavy atom. The molecule has 1 aromatic rings.